The molecule has 1 aromatic carbocycles. The van der Waals surface area contributed by atoms with E-state index in [0.717, 1.165) is 11.4 Å². The summed E-state index contributed by atoms with van der Waals surface area (Å²) in [6.45, 7) is 8.72. The number of anilines is 1. The minimum atomic E-state index is 0.262. The highest BCUT2D eigenvalue weighted by Crippen LogP contribution is 2.24. The first kappa shape index (κ1) is 14.6. The van der Waals surface area contributed by atoms with Gasteiger partial charge in [0.05, 0.1) is 11.7 Å². The van der Waals surface area contributed by atoms with Crippen molar-refractivity contribution in [2.24, 2.45) is 7.05 Å². The van der Waals surface area contributed by atoms with Crippen LogP contribution in [0.1, 0.15) is 56.0 Å². The Kier molecular flexibility index (Phi) is 4.48. The van der Waals surface area contributed by atoms with Crippen LogP contribution in [0.2, 0.25) is 0 Å². The molecular weight excluding hydrogens is 246 g/mol. The lowest BCUT2D eigenvalue weighted by Gasteiger charge is -2.16. The first-order valence-electron chi connectivity index (χ1n) is 7.38. The Balaban J connectivity index is 2.08. The maximum Gasteiger partial charge on any atom is 0.0646 e. The van der Waals surface area contributed by atoms with E-state index < -0.39 is 0 Å². The fraction of sp³-hybridized carbons (Fsp3) is 0.471. The van der Waals surface area contributed by atoms with Crippen molar-refractivity contribution in [3.05, 3.63) is 47.3 Å². The average molecular weight is 271 g/mol. The van der Waals surface area contributed by atoms with Gasteiger partial charge in [0.25, 0.3) is 0 Å². The zero-order valence-electron chi connectivity index (χ0n) is 13.1. The van der Waals surface area contributed by atoms with Gasteiger partial charge >= 0.3 is 0 Å². The van der Waals surface area contributed by atoms with Crippen LogP contribution in [-0.2, 0) is 7.05 Å². The van der Waals surface area contributed by atoms with E-state index in [2.05, 4.69) is 68.6 Å². The van der Waals surface area contributed by atoms with Crippen LogP contribution in [0.15, 0.2) is 30.5 Å². The summed E-state index contributed by atoms with van der Waals surface area (Å²) >= 11 is 0. The molecule has 2 aromatic rings. The van der Waals surface area contributed by atoms with Gasteiger partial charge in [-0.05, 0) is 43.9 Å². The van der Waals surface area contributed by atoms with E-state index in [0.29, 0.717) is 5.92 Å². The van der Waals surface area contributed by atoms with Crippen molar-refractivity contribution in [3.8, 4) is 0 Å². The van der Waals surface area contributed by atoms with Gasteiger partial charge in [0, 0.05) is 24.5 Å². The second-order valence-corrected chi connectivity index (χ2v) is 5.64. The quantitative estimate of drug-likeness (QED) is 0.872. The van der Waals surface area contributed by atoms with Crippen LogP contribution in [-0.4, -0.2) is 9.78 Å². The molecule has 1 heterocycles. The zero-order valence-corrected chi connectivity index (χ0v) is 13.1. The van der Waals surface area contributed by atoms with Gasteiger partial charge in [0.15, 0.2) is 0 Å². The van der Waals surface area contributed by atoms with E-state index in [1.165, 1.54) is 17.5 Å². The van der Waals surface area contributed by atoms with Gasteiger partial charge in [0.1, 0.15) is 0 Å². The number of hydrogen-bond donors (Lipinski definition) is 1. The van der Waals surface area contributed by atoms with Gasteiger partial charge in [-0.3, -0.25) is 4.68 Å². The lowest BCUT2D eigenvalue weighted by molar-refractivity contribution is 0.733. The minimum Gasteiger partial charge on any atom is -0.378 e. The summed E-state index contributed by atoms with van der Waals surface area (Å²) in [5.41, 5.74) is 4.90. The highest BCUT2D eigenvalue weighted by molar-refractivity contribution is 5.47. The fourth-order valence-electron chi connectivity index (χ4n) is 2.51. The Bertz CT molecular complexity index is 554. The molecule has 0 saturated carbocycles. The van der Waals surface area contributed by atoms with E-state index in [9.17, 15) is 0 Å². The molecule has 0 aliphatic heterocycles. The standard InChI is InChI=1S/C17H25N3/c1-6-12(2)15-7-9-16(10-8-15)18-13(3)17-11-20(5)19-14(17)4/h7-13,18H,6H2,1-5H3. The summed E-state index contributed by atoms with van der Waals surface area (Å²) in [5, 5.41) is 7.94. The maximum atomic E-state index is 4.40. The lowest BCUT2D eigenvalue weighted by Crippen LogP contribution is -2.07. The van der Waals surface area contributed by atoms with Crippen LogP contribution in [0, 0.1) is 6.92 Å². The monoisotopic (exact) mass is 271 g/mol. The van der Waals surface area contributed by atoms with Crippen molar-refractivity contribution < 1.29 is 0 Å². The Morgan fingerprint density at radius 3 is 2.35 bits per heavy atom. The molecule has 0 radical (unpaired) electrons. The molecular formula is C17H25N3. The first-order chi connectivity index (χ1) is 9.51. The summed E-state index contributed by atoms with van der Waals surface area (Å²) < 4.78 is 1.87. The van der Waals surface area contributed by atoms with Crippen LogP contribution < -0.4 is 5.32 Å². The molecule has 0 amide bonds. The number of hydrogen-bond acceptors (Lipinski definition) is 2. The van der Waals surface area contributed by atoms with E-state index in [1.807, 2.05) is 11.7 Å². The number of nitrogens with one attached hydrogen (secondary N) is 1. The largest absolute Gasteiger partial charge is 0.378 e. The summed E-state index contributed by atoms with van der Waals surface area (Å²) in [4.78, 5) is 0. The van der Waals surface area contributed by atoms with Gasteiger partial charge in [-0.25, -0.2) is 0 Å². The van der Waals surface area contributed by atoms with Gasteiger partial charge in [-0.2, -0.15) is 5.10 Å². The minimum absolute atomic E-state index is 0.262. The summed E-state index contributed by atoms with van der Waals surface area (Å²) in [5.74, 6) is 0.627. The second kappa shape index (κ2) is 6.12. The van der Waals surface area contributed by atoms with Crippen molar-refractivity contribution in [1.29, 1.82) is 0 Å². The molecule has 1 N–H and O–H groups in total. The van der Waals surface area contributed by atoms with Crippen molar-refractivity contribution >= 4 is 5.69 Å². The highest BCUT2D eigenvalue weighted by atomic mass is 15.3. The first-order valence-corrected chi connectivity index (χ1v) is 7.38. The number of nitrogens with zero attached hydrogens (tertiary/aromatic N) is 2. The molecule has 3 nitrogen and oxygen atoms in total. The number of benzene rings is 1. The highest BCUT2D eigenvalue weighted by Gasteiger charge is 2.11. The third-order valence-corrected chi connectivity index (χ3v) is 3.99. The van der Waals surface area contributed by atoms with Gasteiger partial charge in [-0.1, -0.05) is 26.0 Å². The molecule has 0 spiro atoms. The SMILES string of the molecule is CCC(C)c1ccc(NC(C)c2cn(C)nc2C)cc1. The van der Waals surface area contributed by atoms with E-state index >= 15 is 0 Å². The van der Waals surface area contributed by atoms with Crippen molar-refractivity contribution in [2.75, 3.05) is 5.32 Å². The number of aromatic nitrogens is 2. The van der Waals surface area contributed by atoms with Gasteiger partial charge in [0.2, 0.25) is 0 Å². The Morgan fingerprint density at radius 2 is 1.85 bits per heavy atom. The smallest absolute Gasteiger partial charge is 0.0646 e. The molecule has 0 saturated heterocycles. The molecule has 20 heavy (non-hydrogen) atoms. The van der Waals surface area contributed by atoms with Crippen LogP contribution in [0.4, 0.5) is 5.69 Å². The lowest BCUT2D eigenvalue weighted by atomic mass is 9.98. The van der Waals surface area contributed by atoms with Gasteiger partial charge < -0.3 is 5.32 Å². The molecule has 0 aliphatic carbocycles. The van der Waals surface area contributed by atoms with Crippen LogP contribution in [0.25, 0.3) is 0 Å². The Hall–Kier alpha value is -1.77. The Morgan fingerprint density at radius 1 is 1.20 bits per heavy atom. The molecule has 0 bridgehead atoms. The molecule has 0 aliphatic rings. The molecule has 0 fully saturated rings. The molecule has 2 unspecified atom stereocenters. The summed E-state index contributed by atoms with van der Waals surface area (Å²) in [6, 6.07) is 9.05. The predicted octanol–water partition coefficient (Wildman–Crippen LogP) is 4.42. The fourth-order valence-corrected chi connectivity index (χ4v) is 2.51. The molecule has 2 atom stereocenters. The topological polar surface area (TPSA) is 29.9 Å². The van der Waals surface area contributed by atoms with E-state index in [1.54, 1.807) is 0 Å². The maximum absolute atomic E-state index is 4.40. The van der Waals surface area contributed by atoms with Crippen LogP contribution in [0.5, 0.6) is 0 Å². The predicted molar refractivity (Wildman–Crippen MR) is 85.1 cm³/mol. The molecule has 2 rings (SSSR count). The zero-order chi connectivity index (χ0) is 14.7. The van der Waals surface area contributed by atoms with Crippen molar-refractivity contribution in [3.63, 3.8) is 0 Å². The second-order valence-electron chi connectivity index (χ2n) is 5.64. The van der Waals surface area contributed by atoms with E-state index in [4.69, 9.17) is 0 Å². The summed E-state index contributed by atoms with van der Waals surface area (Å²) in [7, 11) is 1.96. The van der Waals surface area contributed by atoms with E-state index in [-0.39, 0.29) is 6.04 Å². The van der Waals surface area contributed by atoms with Crippen molar-refractivity contribution in [2.45, 2.75) is 46.1 Å². The Labute approximate surface area is 122 Å². The van der Waals surface area contributed by atoms with Crippen LogP contribution >= 0.6 is 0 Å². The third kappa shape index (κ3) is 3.21. The summed E-state index contributed by atoms with van der Waals surface area (Å²) in [6.07, 6.45) is 3.26. The number of aryl methyl sites for hydroxylation is 2. The number of rotatable bonds is 5. The molecule has 108 valence electrons. The average Bonchev–Trinajstić information content (AvgIpc) is 2.78. The molecule has 1 aromatic heterocycles. The van der Waals surface area contributed by atoms with Gasteiger partial charge in [-0.15, -0.1) is 0 Å². The normalized spacial score (nSPS) is 14.1. The van der Waals surface area contributed by atoms with Crippen LogP contribution in [0.3, 0.4) is 0 Å². The molecule has 3 heteroatoms. The third-order valence-electron chi connectivity index (χ3n) is 3.99. The van der Waals surface area contributed by atoms with Crippen molar-refractivity contribution in [1.82, 2.24) is 9.78 Å².